The summed E-state index contributed by atoms with van der Waals surface area (Å²) >= 11 is 0. The molecule has 0 aliphatic carbocycles. The van der Waals surface area contributed by atoms with Gasteiger partial charge in [-0.15, -0.1) is 0 Å². The standard InChI is InChI=1S/C38H68N2O7/c1-3-5-7-8-9-10-11-12-13-14-15-16-17-18-19-20-21-22-26-30-37(44)47-33(27-6-4-2)28-24-23-25-29-35(42)39-31-36(43)40-34(32-41)38(45)46/h9-10,12-13,33-34,41H,3-8,11,14-32H2,1-2H3,(H,39,42)(H,40,43)(H,45,46)/b10-9-,13-12-. The molecule has 0 rings (SSSR count). The number of allylic oxidation sites excluding steroid dienone is 4. The van der Waals surface area contributed by atoms with Gasteiger partial charge in [-0.1, -0.05) is 115 Å². The van der Waals surface area contributed by atoms with Crippen LogP contribution in [0.5, 0.6) is 0 Å². The van der Waals surface area contributed by atoms with Crippen LogP contribution < -0.4 is 10.6 Å². The van der Waals surface area contributed by atoms with E-state index in [1.807, 2.05) is 0 Å². The number of carbonyl (C=O) groups excluding carboxylic acids is 3. The molecular formula is C38H68N2O7. The first-order chi connectivity index (χ1) is 22.8. The first-order valence-corrected chi connectivity index (χ1v) is 18.7. The van der Waals surface area contributed by atoms with Crippen molar-refractivity contribution in [3.63, 3.8) is 0 Å². The fourth-order valence-electron chi connectivity index (χ4n) is 5.26. The molecule has 2 unspecified atom stereocenters. The van der Waals surface area contributed by atoms with Crippen LogP contribution in [-0.2, 0) is 23.9 Å². The number of ether oxygens (including phenoxy) is 1. The van der Waals surface area contributed by atoms with Crippen molar-refractivity contribution in [1.29, 1.82) is 0 Å². The van der Waals surface area contributed by atoms with E-state index in [0.717, 1.165) is 57.8 Å². The predicted molar refractivity (Wildman–Crippen MR) is 190 cm³/mol. The van der Waals surface area contributed by atoms with Crippen LogP contribution in [0.25, 0.3) is 0 Å². The van der Waals surface area contributed by atoms with Crippen molar-refractivity contribution in [2.75, 3.05) is 13.2 Å². The average Bonchev–Trinajstić information content (AvgIpc) is 3.05. The van der Waals surface area contributed by atoms with Crippen LogP contribution in [0.4, 0.5) is 0 Å². The fraction of sp³-hybridized carbons (Fsp3) is 0.789. The Balaban J connectivity index is 3.84. The van der Waals surface area contributed by atoms with Crippen LogP contribution in [0.2, 0.25) is 0 Å². The second kappa shape index (κ2) is 33.2. The molecule has 47 heavy (non-hydrogen) atoms. The van der Waals surface area contributed by atoms with E-state index in [2.05, 4.69) is 48.8 Å². The van der Waals surface area contributed by atoms with Crippen LogP contribution >= 0.6 is 0 Å². The highest BCUT2D eigenvalue weighted by molar-refractivity contribution is 5.87. The molecule has 0 bridgehead atoms. The number of aliphatic carboxylic acids is 1. The number of unbranched alkanes of at least 4 members (excludes halogenated alkanes) is 15. The van der Waals surface area contributed by atoms with Crippen LogP contribution in [-0.4, -0.2) is 59.3 Å². The zero-order valence-electron chi connectivity index (χ0n) is 29.8. The second-order valence-electron chi connectivity index (χ2n) is 12.7. The van der Waals surface area contributed by atoms with E-state index in [-0.39, 0.29) is 30.9 Å². The summed E-state index contributed by atoms with van der Waals surface area (Å²) in [4.78, 5) is 47.0. The van der Waals surface area contributed by atoms with Gasteiger partial charge in [0.25, 0.3) is 0 Å². The number of aliphatic hydroxyl groups excluding tert-OH is 1. The minimum Gasteiger partial charge on any atom is -0.480 e. The van der Waals surface area contributed by atoms with Crippen molar-refractivity contribution < 1.29 is 34.1 Å². The number of hydrogen-bond donors (Lipinski definition) is 4. The second-order valence-corrected chi connectivity index (χ2v) is 12.7. The molecule has 0 radical (unpaired) electrons. The summed E-state index contributed by atoms with van der Waals surface area (Å²) < 4.78 is 5.81. The monoisotopic (exact) mass is 665 g/mol. The molecule has 0 fully saturated rings. The van der Waals surface area contributed by atoms with E-state index in [1.165, 1.54) is 77.0 Å². The number of carbonyl (C=O) groups is 4. The topological polar surface area (TPSA) is 142 Å². The highest BCUT2D eigenvalue weighted by Gasteiger charge is 2.19. The molecule has 272 valence electrons. The zero-order valence-corrected chi connectivity index (χ0v) is 29.8. The minimum atomic E-state index is -1.39. The summed E-state index contributed by atoms with van der Waals surface area (Å²) in [6.07, 6.45) is 34.1. The Labute approximate surface area is 285 Å². The molecule has 0 saturated carbocycles. The lowest BCUT2D eigenvalue weighted by Crippen LogP contribution is -2.47. The van der Waals surface area contributed by atoms with Gasteiger partial charge in [-0.05, 0) is 64.2 Å². The molecule has 0 aromatic rings. The third-order valence-electron chi connectivity index (χ3n) is 8.20. The van der Waals surface area contributed by atoms with Crippen molar-refractivity contribution >= 4 is 23.8 Å². The smallest absolute Gasteiger partial charge is 0.328 e. The Hall–Kier alpha value is -2.68. The van der Waals surface area contributed by atoms with Gasteiger partial charge in [0, 0.05) is 12.8 Å². The highest BCUT2D eigenvalue weighted by Crippen LogP contribution is 2.17. The first kappa shape index (κ1) is 44.3. The largest absolute Gasteiger partial charge is 0.480 e. The Kier molecular flexibility index (Phi) is 31.3. The number of nitrogens with one attached hydrogen (secondary N) is 2. The van der Waals surface area contributed by atoms with Crippen LogP contribution in [0.3, 0.4) is 0 Å². The number of aliphatic hydroxyl groups is 1. The molecule has 0 saturated heterocycles. The summed E-state index contributed by atoms with van der Waals surface area (Å²) in [5.74, 6) is -2.40. The molecule has 4 N–H and O–H groups in total. The number of amides is 2. The zero-order chi connectivity index (χ0) is 34.8. The minimum absolute atomic E-state index is 0.0821. The van der Waals surface area contributed by atoms with E-state index < -0.39 is 24.5 Å². The number of rotatable bonds is 33. The van der Waals surface area contributed by atoms with Gasteiger partial charge in [-0.25, -0.2) is 4.79 Å². The van der Waals surface area contributed by atoms with E-state index in [1.54, 1.807) is 0 Å². The van der Waals surface area contributed by atoms with E-state index in [0.29, 0.717) is 12.8 Å². The van der Waals surface area contributed by atoms with Gasteiger partial charge in [0.1, 0.15) is 12.1 Å². The van der Waals surface area contributed by atoms with E-state index >= 15 is 0 Å². The summed E-state index contributed by atoms with van der Waals surface area (Å²) in [5, 5.41) is 22.4. The van der Waals surface area contributed by atoms with Gasteiger partial charge in [-0.3, -0.25) is 14.4 Å². The van der Waals surface area contributed by atoms with Gasteiger partial charge < -0.3 is 25.6 Å². The third-order valence-corrected chi connectivity index (χ3v) is 8.20. The van der Waals surface area contributed by atoms with Gasteiger partial charge >= 0.3 is 11.9 Å². The van der Waals surface area contributed by atoms with Crippen molar-refractivity contribution in [1.82, 2.24) is 10.6 Å². The molecular weight excluding hydrogens is 596 g/mol. The van der Waals surface area contributed by atoms with E-state index in [9.17, 15) is 19.2 Å². The Morgan fingerprint density at radius 1 is 0.638 bits per heavy atom. The summed E-state index contributed by atoms with van der Waals surface area (Å²) in [7, 11) is 0. The molecule has 0 aliphatic heterocycles. The lowest BCUT2D eigenvalue weighted by atomic mass is 10.0. The Bertz CT molecular complexity index is 859. The van der Waals surface area contributed by atoms with Crippen LogP contribution in [0, 0.1) is 0 Å². The SMILES string of the molecule is CCCCC/C=C\C/C=C\CCCCCCCCCCCC(=O)OC(CCCC)CCCCCC(=O)NCC(=O)NC(CO)C(=O)O. The molecule has 9 nitrogen and oxygen atoms in total. The molecule has 0 heterocycles. The maximum Gasteiger partial charge on any atom is 0.328 e. The summed E-state index contributed by atoms with van der Waals surface area (Å²) in [5.41, 5.74) is 0. The van der Waals surface area contributed by atoms with E-state index in [4.69, 9.17) is 14.9 Å². The predicted octanol–water partition coefficient (Wildman–Crippen LogP) is 8.09. The Morgan fingerprint density at radius 2 is 1.17 bits per heavy atom. The average molecular weight is 665 g/mol. The molecule has 2 atom stereocenters. The molecule has 0 spiro atoms. The summed E-state index contributed by atoms with van der Waals surface area (Å²) in [6, 6.07) is -1.39. The molecule has 0 aromatic heterocycles. The third kappa shape index (κ3) is 30.4. The highest BCUT2D eigenvalue weighted by atomic mass is 16.5. The first-order valence-electron chi connectivity index (χ1n) is 18.7. The number of carboxylic acid groups (broad SMARTS) is 1. The molecule has 0 aromatic carbocycles. The maximum absolute atomic E-state index is 12.5. The number of esters is 1. The normalized spacial score (nSPS) is 12.7. The van der Waals surface area contributed by atoms with Crippen molar-refractivity contribution in [2.24, 2.45) is 0 Å². The maximum atomic E-state index is 12.5. The number of carboxylic acids is 1. The van der Waals surface area contributed by atoms with Crippen LogP contribution in [0.1, 0.15) is 168 Å². The fourth-order valence-corrected chi connectivity index (χ4v) is 5.26. The molecule has 0 aliphatic rings. The molecule has 9 heteroatoms. The number of hydrogen-bond acceptors (Lipinski definition) is 6. The van der Waals surface area contributed by atoms with Crippen molar-refractivity contribution in [3.8, 4) is 0 Å². The quantitative estimate of drug-likeness (QED) is 0.0316. The van der Waals surface area contributed by atoms with Gasteiger partial charge in [-0.2, -0.15) is 0 Å². The Morgan fingerprint density at radius 3 is 1.77 bits per heavy atom. The van der Waals surface area contributed by atoms with Gasteiger partial charge in [0.2, 0.25) is 11.8 Å². The van der Waals surface area contributed by atoms with Gasteiger partial charge in [0.15, 0.2) is 0 Å². The lowest BCUT2D eigenvalue weighted by molar-refractivity contribution is -0.150. The van der Waals surface area contributed by atoms with Crippen molar-refractivity contribution in [2.45, 2.75) is 180 Å². The lowest BCUT2D eigenvalue weighted by Gasteiger charge is -2.18. The van der Waals surface area contributed by atoms with Crippen LogP contribution in [0.15, 0.2) is 24.3 Å². The summed E-state index contributed by atoms with van der Waals surface area (Å²) in [6.45, 7) is 3.30. The molecule has 2 amide bonds. The van der Waals surface area contributed by atoms with Crippen molar-refractivity contribution in [3.05, 3.63) is 24.3 Å². The van der Waals surface area contributed by atoms with Gasteiger partial charge in [0.05, 0.1) is 13.2 Å².